The Labute approximate surface area is 101 Å². The van der Waals surface area contributed by atoms with Gasteiger partial charge in [0.05, 0.1) is 5.69 Å². The molecule has 0 saturated heterocycles. The van der Waals surface area contributed by atoms with Gasteiger partial charge in [0.15, 0.2) is 0 Å². The number of halogens is 1. The van der Waals surface area contributed by atoms with Gasteiger partial charge in [-0.2, -0.15) is 0 Å². The highest BCUT2D eigenvalue weighted by atomic mass is 32.2. The molecule has 0 amide bonds. The molecule has 18 heavy (non-hydrogen) atoms. The van der Waals surface area contributed by atoms with E-state index in [0.717, 1.165) is 12.1 Å². The molecule has 2 rings (SSSR count). The van der Waals surface area contributed by atoms with Crippen molar-refractivity contribution in [3.05, 3.63) is 24.0 Å². The number of nitrogens with zero attached hydrogens (tertiary/aromatic N) is 1. The molecule has 7 nitrogen and oxygen atoms in total. The summed E-state index contributed by atoms with van der Waals surface area (Å²) in [5, 5.41) is 11.0. The van der Waals surface area contributed by atoms with E-state index in [4.69, 9.17) is 5.11 Å². The van der Waals surface area contributed by atoms with Crippen LogP contribution in [0.25, 0.3) is 0 Å². The molecule has 3 N–H and O–H groups in total. The molecule has 0 spiro atoms. The summed E-state index contributed by atoms with van der Waals surface area (Å²) in [4.78, 5) is 13.6. The summed E-state index contributed by atoms with van der Waals surface area (Å²) >= 11 is 0. The van der Waals surface area contributed by atoms with Crippen molar-refractivity contribution in [1.82, 2.24) is 4.72 Å². The average molecular weight is 273 g/mol. The van der Waals surface area contributed by atoms with Crippen molar-refractivity contribution in [3.8, 4) is 0 Å². The van der Waals surface area contributed by atoms with E-state index in [0.29, 0.717) is 0 Å². The van der Waals surface area contributed by atoms with E-state index in [1.54, 1.807) is 0 Å². The average Bonchev–Trinajstić information content (AvgIpc) is 2.27. The molecule has 1 aromatic rings. The summed E-state index contributed by atoms with van der Waals surface area (Å²) in [6.07, 6.45) is 0. The van der Waals surface area contributed by atoms with Crippen LogP contribution in [0.1, 0.15) is 0 Å². The first-order chi connectivity index (χ1) is 8.38. The molecule has 0 radical (unpaired) electrons. The Hall–Kier alpha value is -2.16. The number of fused-ring (bicyclic) bond motifs is 1. The zero-order valence-electron chi connectivity index (χ0n) is 8.84. The minimum Gasteiger partial charge on any atom is -0.480 e. The molecule has 1 aliphatic rings. The second kappa shape index (κ2) is 4.26. The quantitative estimate of drug-likeness (QED) is 0.701. The normalized spacial score (nSPS) is 18.6. The van der Waals surface area contributed by atoms with E-state index >= 15 is 0 Å². The van der Waals surface area contributed by atoms with Crippen LogP contribution in [0.3, 0.4) is 0 Å². The van der Waals surface area contributed by atoms with E-state index < -0.39 is 28.4 Å². The molecular formula is C9H8FN3O4S. The summed E-state index contributed by atoms with van der Waals surface area (Å²) < 4.78 is 38.4. The summed E-state index contributed by atoms with van der Waals surface area (Å²) in [6, 6.07) is 3.18. The lowest BCUT2D eigenvalue weighted by atomic mass is 10.3. The van der Waals surface area contributed by atoms with Gasteiger partial charge in [0, 0.05) is 0 Å². The minimum atomic E-state index is -3.94. The van der Waals surface area contributed by atoms with Gasteiger partial charge in [-0.1, -0.05) is 0 Å². The molecule has 1 aliphatic heterocycles. The van der Waals surface area contributed by atoms with Crippen LogP contribution >= 0.6 is 0 Å². The van der Waals surface area contributed by atoms with Crippen LogP contribution in [-0.4, -0.2) is 32.0 Å². The van der Waals surface area contributed by atoms with Gasteiger partial charge in [0.25, 0.3) is 10.0 Å². The Morgan fingerprint density at radius 2 is 2.17 bits per heavy atom. The fraction of sp³-hybridized carbons (Fsp3) is 0.111. The molecule has 0 bridgehead atoms. The maximum absolute atomic E-state index is 13.0. The molecule has 96 valence electrons. The van der Waals surface area contributed by atoms with Crippen LogP contribution in [-0.2, 0) is 14.8 Å². The summed E-state index contributed by atoms with van der Waals surface area (Å²) in [7, 11) is -3.94. The molecule has 0 atom stereocenters. The Morgan fingerprint density at radius 1 is 1.44 bits per heavy atom. The topological polar surface area (TPSA) is 108 Å². The smallest absolute Gasteiger partial charge is 0.325 e. The molecule has 0 unspecified atom stereocenters. The molecule has 0 fully saturated rings. The first-order valence-corrected chi connectivity index (χ1v) is 6.22. The van der Waals surface area contributed by atoms with Crippen molar-refractivity contribution in [1.29, 1.82) is 0 Å². The Balaban J connectivity index is 2.42. The van der Waals surface area contributed by atoms with Crippen molar-refractivity contribution in [2.45, 2.75) is 4.90 Å². The Kier molecular flexibility index (Phi) is 2.91. The highest BCUT2D eigenvalue weighted by Gasteiger charge is 2.26. The largest absolute Gasteiger partial charge is 0.480 e. The van der Waals surface area contributed by atoms with Gasteiger partial charge in [-0.15, -0.1) is 0 Å². The highest BCUT2D eigenvalue weighted by Crippen LogP contribution is 2.25. The van der Waals surface area contributed by atoms with Crippen LogP contribution in [0.5, 0.6) is 0 Å². The fourth-order valence-electron chi connectivity index (χ4n) is 1.38. The van der Waals surface area contributed by atoms with Crippen LogP contribution in [0.15, 0.2) is 28.1 Å². The molecule has 0 aromatic heterocycles. The molecule has 1 heterocycles. The predicted octanol–water partition coefficient (Wildman–Crippen LogP) is -0.0299. The molecule has 1 aromatic carbocycles. The number of benzene rings is 1. The number of hydrogen-bond donors (Lipinski definition) is 3. The van der Waals surface area contributed by atoms with E-state index in [1.165, 1.54) is 6.07 Å². The van der Waals surface area contributed by atoms with Crippen LogP contribution in [0, 0.1) is 5.82 Å². The van der Waals surface area contributed by atoms with E-state index in [1.807, 2.05) is 4.72 Å². The minimum absolute atomic E-state index is 0.138. The van der Waals surface area contributed by atoms with Gasteiger partial charge in [0.1, 0.15) is 17.3 Å². The number of aliphatic imine (C=N–C) groups is 1. The first kappa shape index (κ1) is 12.3. The number of guanidine groups is 1. The molecule has 9 heteroatoms. The van der Waals surface area contributed by atoms with Crippen LogP contribution < -0.4 is 10.0 Å². The number of carboxylic acids is 1. The monoisotopic (exact) mass is 273 g/mol. The van der Waals surface area contributed by atoms with Crippen LogP contribution in [0.4, 0.5) is 10.1 Å². The van der Waals surface area contributed by atoms with E-state index in [2.05, 4.69) is 10.3 Å². The van der Waals surface area contributed by atoms with Gasteiger partial charge < -0.3 is 10.4 Å². The number of aliphatic carboxylic acids is 1. The zero-order chi connectivity index (χ0) is 13.3. The van der Waals surface area contributed by atoms with Gasteiger partial charge >= 0.3 is 5.97 Å². The van der Waals surface area contributed by atoms with Crippen molar-refractivity contribution < 1.29 is 22.7 Å². The summed E-state index contributed by atoms with van der Waals surface area (Å²) in [5.74, 6) is -2.10. The summed E-state index contributed by atoms with van der Waals surface area (Å²) in [6.45, 7) is -0.582. The maximum Gasteiger partial charge on any atom is 0.325 e. The van der Waals surface area contributed by atoms with Crippen molar-refractivity contribution >= 4 is 27.6 Å². The number of nitrogens with one attached hydrogen (secondary N) is 2. The van der Waals surface area contributed by atoms with Crippen LogP contribution in [0.2, 0.25) is 0 Å². The summed E-state index contributed by atoms with van der Waals surface area (Å²) in [5.41, 5.74) is 0.138. The number of hydrogen-bond acceptors (Lipinski definition) is 4. The second-order valence-electron chi connectivity index (χ2n) is 3.43. The lowest BCUT2D eigenvalue weighted by molar-refractivity contribution is -0.135. The molecule has 0 saturated carbocycles. The standard InChI is InChI=1S/C9H8FN3O4S/c10-5-1-2-6-7(3-5)18(16,17)13-9(12-6)11-4-8(14)15/h1-3H,4H2,(H,14,15)(H2,11,12,13). The SMILES string of the molecule is O=C(O)CN=C1Nc2ccc(F)cc2S(=O)(=O)N1. The number of carboxylic acid groups (broad SMARTS) is 1. The van der Waals surface area contributed by atoms with Crippen molar-refractivity contribution in [2.24, 2.45) is 4.99 Å². The second-order valence-corrected chi connectivity index (χ2v) is 5.08. The van der Waals surface area contributed by atoms with E-state index in [-0.39, 0.29) is 16.5 Å². The fourth-order valence-corrected chi connectivity index (χ4v) is 2.53. The van der Waals surface area contributed by atoms with Gasteiger partial charge in [-0.3, -0.25) is 4.79 Å². The Bertz CT molecular complexity index is 641. The van der Waals surface area contributed by atoms with E-state index in [9.17, 15) is 17.6 Å². The third-order valence-electron chi connectivity index (χ3n) is 2.09. The third-order valence-corrected chi connectivity index (χ3v) is 3.47. The maximum atomic E-state index is 13.0. The van der Waals surface area contributed by atoms with Crippen molar-refractivity contribution in [3.63, 3.8) is 0 Å². The third kappa shape index (κ3) is 2.40. The first-order valence-electron chi connectivity index (χ1n) is 4.74. The molecular weight excluding hydrogens is 265 g/mol. The number of sulfonamides is 1. The number of rotatable bonds is 2. The Morgan fingerprint density at radius 3 is 2.83 bits per heavy atom. The lowest BCUT2D eigenvalue weighted by Gasteiger charge is -2.21. The molecule has 0 aliphatic carbocycles. The lowest BCUT2D eigenvalue weighted by Crippen LogP contribution is -2.41. The van der Waals surface area contributed by atoms with Crippen molar-refractivity contribution in [2.75, 3.05) is 11.9 Å². The highest BCUT2D eigenvalue weighted by molar-refractivity contribution is 7.90. The predicted molar refractivity (Wildman–Crippen MR) is 60.3 cm³/mol. The number of anilines is 1. The van der Waals surface area contributed by atoms with Gasteiger partial charge in [0.2, 0.25) is 5.96 Å². The zero-order valence-corrected chi connectivity index (χ0v) is 9.66. The van der Waals surface area contributed by atoms with Gasteiger partial charge in [-0.05, 0) is 18.2 Å². The van der Waals surface area contributed by atoms with Gasteiger partial charge in [-0.25, -0.2) is 22.5 Å². The number of carbonyl (C=O) groups is 1.